The lowest BCUT2D eigenvalue weighted by Gasteiger charge is -2.30. The lowest BCUT2D eigenvalue weighted by atomic mass is 10.1. The third-order valence-corrected chi connectivity index (χ3v) is 3.59. The molecule has 0 aliphatic heterocycles. The topological polar surface area (TPSA) is 73.3 Å². The van der Waals surface area contributed by atoms with Crippen LogP contribution in [0.1, 0.15) is 37.8 Å². The Kier molecular flexibility index (Phi) is 6.61. The number of aliphatic hydroxyl groups is 1. The lowest BCUT2D eigenvalue weighted by molar-refractivity contribution is 0.135. The predicted molar refractivity (Wildman–Crippen MR) is 79.3 cm³/mol. The number of nitrogens with two attached hydrogens (primary N) is 1. The molecule has 0 unspecified atom stereocenters. The Morgan fingerprint density at radius 3 is 2.55 bits per heavy atom. The lowest BCUT2D eigenvalue weighted by Crippen LogP contribution is -2.36. The Morgan fingerprint density at radius 1 is 1.40 bits per heavy atom. The molecule has 0 saturated carbocycles. The fourth-order valence-corrected chi connectivity index (χ4v) is 2.45. The Hall–Kier alpha value is -1.46. The van der Waals surface area contributed by atoms with Gasteiger partial charge in [0.25, 0.3) is 0 Å². The summed E-state index contributed by atoms with van der Waals surface area (Å²) in [5, 5.41) is 16.6. The SMILES string of the molecule is CCC(CC)N(CCO)Cc1cccc(C(=N)N)c1F. The van der Waals surface area contributed by atoms with Crippen LogP contribution in [0.5, 0.6) is 0 Å². The first-order valence-corrected chi connectivity index (χ1v) is 7.01. The predicted octanol–water partition coefficient (Wildman–Crippen LogP) is 2.09. The number of hydrogen-bond acceptors (Lipinski definition) is 3. The van der Waals surface area contributed by atoms with Crippen LogP contribution in [0.4, 0.5) is 4.39 Å². The Bertz CT molecular complexity index is 447. The van der Waals surface area contributed by atoms with Crippen molar-refractivity contribution < 1.29 is 9.50 Å². The van der Waals surface area contributed by atoms with E-state index < -0.39 is 5.82 Å². The average molecular weight is 281 g/mol. The number of nitrogens with one attached hydrogen (secondary N) is 1. The minimum atomic E-state index is -0.436. The summed E-state index contributed by atoms with van der Waals surface area (Å²) in [6.07, 6.45) is 1.90. The van der Waals surface area contributed by atoms with Crippen LogP contribution in [-0.2, 0) is 6.54 Å². The molecular weight excluding hydrogens is 257 g/mol. The van der Waals surface area contributed by atoms with E-state index in [0.717, 1.165) is 12.8 Å². The van der Waals surface area contributed by atoms with Crippen molar-refractivity contribution in [2.75, 3.05) is 13.2 Å². The molecule has 0 bridgehead atoms. The van der Waals surface area contributed by atoms with E-state index in [1.807, 2.05) is 0 Å². The minimum Gasteiger partial charge on any atom is -0.395 e. The van der Waals surface area contributed by atoms with Crippen molar-refractivity contribution >= 4 is 5.84 Å². The quantitative estimate of drug-likeness (QED) is 0.504. The van der Waals surface area contributed by atoms with Crippen molar-refractivity contribution in [3.05, 3.63) is 35.1 Å². The summed E-state index contributed by atoms with van der Waals surface area (Å²) in [5.41, 5.74) is 6.02. The van der Waals surface area contributed by atoms with Crippen LogP contribution in [0, 0.1) is 11.2 Å². The zero-order valence-corrected chi connectivity index (χ0v) is 12.2. The first kappa shape index (κ1) is 16.6. The zero-order chi connectivity index (χ0) is 15.1. The number of nitrogens with zero attached hydrogens (tertiary/aromatic N) is 1. The van der Waals surface area contributed by atoms with Crippen LogP contribution in [0.25, 0.3) is 0 Å². The third kappa shape index (κ3) is 4.02. The van der Waals surface area contributed by atoms with Gasteiger partial charge in [0.05, 0.1) is 12.2 Å². The van der Waals surface area contributed by atoms with Crippen molar-refractivity contribution in [2.24, 2.45) is 5.73 Å². The van der Waals surface area contributed by atoms with Gasteiger partial charge in [-0.15, -0.1) is 0 Å². The molecule has 0 fully saturated rings. The summed E-state index contributed by atoms with van der Waals surface area (Å²) in [4.78, 5) is 2.07. The number of amidine groups is 1. The van der Waals surface area contributed by atoms with Gasteiger partial charge in [0.2, 0.25) is 0 Å². The molecule has 0 spiro atoms. The van der Waals surface area contributed by atoms with E-state index in [4.69, 9.17) is 11.1 Å². The van der Waals surface area contributed by atoms with Crippen molar-refractivity contribution in [1.29, 1.82) is 5.41 Å². The second-order valence-corrected chi connectivity index (χ2v) is 4.86. The van der Waals surface area contributed by atoms with Gasteiger partial charge in [-0.05, 0) is 18.9 Å². The van der Waals surface area contributed by atoms with Gasteiger partial charge in [0.15, 0.2) is 0 Å². The van der Waals surface area contributed by atoms with Gasteiger partial charge in [-0.25, -0.2) is 4.39 Å². The molecule has 0 saturated heterocycles. The summed E-state index contributed by atoms with van der Waals surface area (Å²) in [7, 11) is 0. The van der Waals surface area contributed by atoms with Gasteiger partial charge in [0, 0.05) is 24.7 Å². The van der Waals surface area contributed by atoms with Gasteiger partial charge < -0.3 is 10.8 Å². The first-order chi connectivity index (χ1) is 9.54. The number of hydrogen-bond donors (Lipinski definition) is 3. The van der Waals surface area contributed by atoms with Gasteiger partial charge >= 0.3 is 0 Å². The van der Waals surface area contributed by atoms with E-state index in [1.54, 1.807) is 12.1 Å². The number of aliphatic hydroxyl groups excluding tert-OH is 1. The van der Waals surface area contributed by atoms with Gasteiger partial charge in [-0.2, -0.15) is 0 Å². The number of rotatable bonds is 8. The Balaban J connectivity index is 2.99. The Labute approximate surface area is 119 Å². The monoisotopic (exact) mass is 281 g/mol. The summed E-state index contributed by atoms with van der Waals surface area (Å²) in [5.74, 6) is -0.700. The second-order valence-electron chi connectivity index (χ2n) is 4.86. The van der Waals surface area contributed by atoms with Crippen LogP contribution in [0.3, 0.4) is 0 Å². The van der Waals surface area contributed by atoms with E-state index >= 15 is 0 Å². The molecule has 0 aliphatic carbocycles. The minimum absolute atomic E-state index is 0.0461. The van der Waals surface area contributed by atoms with Crippen LogP contribution in [0.15, 0.2) is 18.2 Å². The smallest absolute Gasteiger partial charge is 0.138 e. The third-order valence-electron chi connectivity index (χ3n) is 3.59. The molecule has 0 amide bonds. The van der Waals surface area contributed by atoms with E-state index in [1.165, 1.54) is 6.07 Å². The highest BCUT2D eigenvalue weighted by molar-refractivity contribution is 5.95. The van der Waals surface area contributed by atoms with Crippen molar-refractivity contribution in [3.63, 3.8) is 0 Å². The molecule has 5 heteroatoms. The van der Waals surface area contributed by atoms with Gasteiger partial charge in [-0.3, -0.25) is 10.3 Å². The molecule has 20 heavy (non-hydrogen) atoms. The van der Waals surface area contributed by atoms with Crippen molar-refractivity contribution in [1.82, 2.24) is 4.90 Å². The molecule has 1 rings (SSSR count). The number of benzene rings is 1. The maximum atomic E-state index is 14.3. The van der Waals surface area contributed by atoms with Crippen LogP contribution < -0.4 is 5.73 Å². The van der Waals surface area contributed by atoms with E-state index in [-0.39, 0.29) is 18.0 Å². The summed E-state index contributed by atoms with van der Waals surface area (Å²) in [6.45, 7) is 5.14. The fourth-order valence-electron chi connectivity index (χ4n) is 2.45. The van der Waals surface area contributed by atoms with Crippen molar-refractivity contribution in [3.8, 4) is 0 Å². The summed E-state index contributed by atoms with van der Waals surface area (Å²) >= 11 is 0. The van der Waals surface area contributed by atoms with Gasteiger partial charge in [0.1, 0.15) is 11.7 Å². The molecule has 112 valence electrons. The molecular formula is C15H24FN3O. The van der Waals surface area contributed by atoms with Crippen LogP contribution in [-0.4, -0.2) is 35.0 Å². The molecule has 0 aliphatic rings. The average Bonchev–Trinajstić information content (AvgIpc) is 2.42. The van der Waals surface area contributed by atoms with E-state index in [2.05, 4.69) is 18.7 Å². The molecule has 1 aromatic rings. The normalized spacial score (nSPS) is 11.3. The first-order valence-electron chi connectivity index (χ1n) is 7.01. The van der Waals surface area contributed by atoms with E-state index in [9.17, 15) is 9.50 Å². The Morgan fingerprint density at radius 2 is 2.05 bits per heavy atom. The highest BCUT2D eigenvalue weighted by atomic mass is 19.1. The molecule has 4 N–H and O–H groups in total. The number of nitrogen functional groups attached to an aromatic ring is 1. The maximum absolute atomic E-state index is 14.3. The second kappa shape index (κ2) is 7.97. The number of halogens is 1. The van der Waals surface area contributed by atoms with Crippen LogP contribution in [0.2, 0.25) is 0 Å². The molecule has 0 heterocycles. The maximum Gasteiger partial charge on any atom is 0.138 e. The molecule has 1 aromatic carbocycles. The fraction of sp³-hybridized carbons (Fsp3) is 0.533. The zero-order valence-electron chi connectivity index (χ0n) is 12.2. The molecule has 0 atom stereocenters. The highest BCUT2D eigenvalue weighted by Crippen LogP contribution is 2.18. The summed E-state index contributed by atoms with van der Waals surface area (Å²) < 4.78 is 14.3. The highest BCUT2D eigenvalue weighted by Gasteiger charge is 2.18. The van der Waals surface area contributed by atoms with Crippen LogP contribution >= 0.6 is 0 Å². The molecule has 4 nitrogen and oxygen atoms in total. The largest absolute Gasteiger partial charge is 0.395 e. The standard InChI is InChI=1S/C15H24FN3O/c1-3-12(4-2)19(8-9-20)10-11-6-5-7-13(14(11)16)15(17)18/h5-7,12,20H,3-4,8-10H2,1-2H3,(H3,17,18). The molecule has 0 aromatic heterocycles. The molecule has 0 radical (unpaired) electrons. The summed E-state index contributed by atoms with van der Waals surface area (Å²) in [6, 6.07) is 5.23. The van der Waals surface area contributed by atoms with Crippen molar-refractivity contribution in [2.45, 2.75) is 39.3 Å². The van der Waals surface area contributed by atoms with Gasteiger partial charge in [-0.1, -0.05) is 26.0 Å². The van der Waals surface area contributed by atoms with E-state index in [0.29, 0.717) is 24.7 Å².